The summed E-state index contributed by atoms with van der Waals surface area (Å²) in [6.45, 7) is 0.514. The highest BCUT2D eigenvalue weighted by atomic mass is 32.2. The number of hydrogen-bond donors (Lipinski definition) is 1. The van der Waals surface area contributed by atoms with E-state index in [1.807, 2.05) is 48.5 Å². The molecule has 28 heavy (non-hydrogen) atoms. The van der Waals surface area contributed by atoms with Crippen LogP contribution in [0.2, 0.25) is 0 Å². The fourth-order valence-electron chi connectivity index (χ4n) is 3.62. The number of hydrogen-bond acceptors (Lipinski definition) is 4. The summed E-state index contributed by atoms with van der Waals surface area (Å²) in [6, 6.07) is 19.7. The number of nitrogens with zero attached hydrogens (tertiary/aromatic N) is 1. The quantitative estimate of drug-likeness (QED) is 0.692. The molecule has 2 N–H and O–H groups in total. The van der Waals surface area contributed by atoms with Crippen molar-refractivity contribution in [1.82, 2.24) is 0 Å². The first kappa shape index (κ1) is 18.3. The number of benzene rings is 3. The Hall–Kier alpha value is -3.12. The largest absolute Gasteiger partial charge is 0.398 e. The van der Waals surface area contributed by atoms with E-state index in [1.54, 1.807) is 17.0 Å². The summed E-state index contributed by atoms with van der Waals surface area (Å²) in [7, 11) is -3.44. The summed E-state index contributed by atoms with van der Waals surface area (Å²) in [6.07, 6.45) is 1.82. The third-order valence-electron chi connectivity index (χ3n) is 5.04. The van der Waals surface area contributed by atoms with E-state index in [0.29, 0.717) is 29.8 Å². The number of amides is 1. The molecule has 6 heteroatoms. The minimum absolute atomic E-state index is 0.127. The Bertz CT molecular complexity index is 1170. The summed E-state index contributed by atoms with van der Waals surface area (Å²) in [5.41, 5.74) is 10.4. The van der Waals surface area contributed by atoms with Crippen LogP contribution in [0.5, 0.6) is 0 Å². The summed E-state index contributed by atoms with van der Waals surface area (Å²) in [5, 5.41) is 0. The normalized spacial score (nSPS) is 13.4. The van der Waals surface area contributed by atoms with Crippen LogP contribution in [0.15, 0.2) is 71.6 Å². The van der Waals surface area contributed by atoms with Gasteiger partial charge >= 0.3 is 0 Å². The summed E-state index contributed by atoms with van der Waals surface area (Å²) < 4.78 is 24.2. The third kappa shape index (κ3) is 3.16. The lowest BCUT2D eigenvalue weighted by molar-refractivity contribution is 0.0990. The molecule has 0 radical (unpaired) electrons. The molecule has 142 valence electrons. The third-order valence-corrected chi connectivity index (χ3v) is 6.15. The van der Waals surface area contributed by atoms with Crippen molar-refractivity contribution in [1.29, 1.82) is 0 Å². The number of rotatable bonds is 3. The predicted octanol–water partition coefficient (Wildman–Crippen LogP) is 3.54. The van der Waals surface area contributed by atoms with Crippen molar-refractivity contribution < 1.29 is 13.2 Å². The second-order valence-corrected chi connectivity index (χ2v) is 8.91. The molecule has 0 aromatic heterocycles. The van der Waals surface area contributed by atoms with Gasteiger partial charge in [-0.15, -0.1) is 0 Å². The van der Waals surface area contributed by atoms with Gasteiger partial charge in [-0.05, 0) is 41.8 Å². The minimum Gasteiger partial charge on any atom is -0.398 e. The lowest BCUT2D eigenvalue weighted by Gasteiger charge is -2.20. The van der Waals surface area contributed by atoms with Crippen LogP contribution in [0, 0.1) is 0 Å². The average Bonchev–Trinajstić information content (AvgIpc) is 3.12. The van der Waals surface area contributed by atoms with Crippen molar-refractivity contribution in [2.24, 2.45) is 0 Å². The molecular weight excluding hydrogens is 372 g/mol. The van der Waals surface area contributed by atoms with Crippen molar-refractivity contribution in [3.63, 3.8) is 0 Å². The maximum atomic E-state index is 13.5. The van der Waals surface area contributed by atoms with E-state index in [0.717, 1.165) is 23.1 Å². The Morgan fingerprint density at radius 2 is 1.75 bits per heavy atom. The zero-order chi connectivity index (χ0) is 19.9. The molecule has 1 amide bonds. The lowest BCUT2D eigenvalue weighted by Crippen LogP contribution is -2.29. The molecule has 1 aliphatic rings. The van der Waals surface area contributed by atoms with Gasteiger partial charge in [-0.3, -0.25) is 4.79 Å². The average molecular weight is 392 g/mol. The van der Waals surface area contributed by atoms with Crippen LogP contribution in [-0.2, 0) is 16.3 Å². The van der Waals surface area contributed by atoms with E-state index >= 15 is 0 Å². The Kier molecular flexibility index (Phi) is 4.43. The lowest BCUT2D eigenvalue weighted by atomic mass is 9.98. The first-order valence-corrected chi connectivity index (χ1v) is 10.8. The van der Waals surface area contributed by atoms with Gasteiger partial charge in [0.05, 0.1) is 4.90 Å². The van der Waals surface area contributed by atoms with Gasteiger partial charge in [-0.25, -0.2) is 8.42 Å². The number of carbonyl (C=O) groups excluding carboxylic acids is 1. The number of carbonyl (C=O) groups is 1. The van der Waals surface area contributed by atoms with Crippen molar-refractivity contribution in [2.75, 3.05) is 23.4 Å². The van der Waals surface area contributed by atoms with Crippen molar-refractivity contribution >= 4 is 27.1 Å². The zero-order valence-corrected chi connectivity index (χ0v) is 16.2. The SMILES string of the molecule is CS(=O)(=O)c1ccc(-c2ccccc2)c(C(=O)N2CCc3c(N)cccc32)c1. The van der Waals surface area contributed by atoms with Crippen molar-refractivity contribution in [3.8, 4) is 11.1 Å². The molecule has 0 fully saturated rings. The number of anilines is 2. The molecule has 5 nitrogen and oxygen atoms in total. The topological polar surface area (TPSA) is 80.5 Å². The molecule has 3 aromatic carbocycles. The van der Waals surface area contributed by atoms with E-state index in [9.17, 15) is 13.2 Å². The van der Waals surface area contributed by atoms with Crippen molar-refractivity contribution in [2.45, 2.75) is 11.3 Å². The smallest absolute Gasteiger partial charge is 0.258 e. The molecule has 0 unspecified atom stereocenters. The zero-order valence-electron chi connectivity index (χ0n) is 15.4. The summed E-state index contributed by atoms with van der Waals surface area (Å²) in [5.74, 6) is -0.228. The number of fused-ring (bicyclic) bond motifs is 1. The van der Waals surface area contributed by atoms with Crippen LogP contribution in [0.1, 0.15) is 15.9 Å². The fourth-order valence-corrected chi connectivity index (χ4v) is 4.27. The molecule has 0 aliphatic carbocycles. The second kappa shape index (κ2) is 6.80. The first-order chi connectivity index (χ1) is 13.4. The highest BCUT2D eigenvalue weighted by Gasteiger charge is 2.29. The standard InChI is InChI=1S/C22H20N2O3S/c1-28(26,27)16-10-11-17(15-6-3-2-4-7-15)19(14-16)22(25)24-13-12-18-20(23)8-5-9-21(18)24/h2-11,14H,12-13,23H2,1H3. The molecule has 0 saturated heterocycles. The van der Waals surface area contributed by atoms with Gasteiger partial charge in [0.1, 0.15) is 0 Å². The summed E-state index contributed by atoms with van der Waals surface area (Å²) >= 11 is 0. The Morgan fingerprint density at radius 3 is 2.46 bits per heavy atom. The predicted molar refractivity (Wildman–Crippen MR) is 111 cm³/mol. The number of sulfone groups is 1. The van der Waals surface area contributed by atoms with Crippen molar-refractivity contribution in [3.05, 3.63) is 77.9 Å². The molecule has 0 bridgehead atoms. The fraction of sp³-hybridized carbons (Fsp3) is 0.136. The van der Waals surface area contributed by atoms with Crippen LogP contribution in [0.3, 0.4) is 0 Å². The van der Waals surface area contributed by atoms with Gasteiger partial charge in [0.25, 0.3) is 5.91 Å². The monoisotopic (exact) mass is 392 g/mol. The first-order valence-electron chi connectivity index (χ1n) is 8.95. The number of nitrogens with two attached hydrogens (primary N) is 1. The van der Waals surface area contributed by atoms with E-state index in [4.69, 9.17) is 5.73 Å². The number of nitrogen functional groups attached to an aromatic ring is 1. The second-order valence-electron chi connectivity index (χ2n) is 6.90. The highest BCUT2D eigenvalue weighted by Crippen LogP contribution is 2.35. The van der Waals surface area contributed by atoms with E-state index in [-0.39, 0.29) is 10.8 Å². The van der Waals surface area contributed by atoms with Gasteiger partial charge in [0.2, 0.25) is 0 Å². The Morgan fingerprint density at radius 1 is 1.00 bits per heavy atom. The minimum atomic E-state index is -3.44. The maximum absolute atomic E-state index is 13.5. The molecule has 1 aliphatic heterocycles. The molecule has 4 rings (SSSR count). The van der Waals surface area contributed by atoms with Gasteiger partial charge < -0.3 is 10.6 Å². The van der Waals surface area contributed by atoms with Gasteiger partial charge in [0.15, 0.2) is 9.84 Å². The molecular formula is C22H20N2O3S. The molecule has 1 heterocycles. The molecule has 0 saturated carbocycles. The Balaban J connectivity index is 1.87. The Labute approximate surface area is 164 Å². The van der Waals surface area contributed by atoms with Crippen LogP contribution in [0.4, 0.5) is 11.4 Å². The maximum Gasteiger partial charge on any atom is 0.258 e. The van der Waals surface area contributed by atoms with Crippen LogP contribution < -0.4 is 10.6 Å². The van der Waals surface area contributed by atoms with E-state index < -0.39 is 9.84 Å². The van der Waals surface area contributed by atoms with Gasteiger partial charge in [-0.2, -0.15) is 0 Å². The molecule has 0 spiro atoms. The van der Waals surface area contributed by atoms with E-state index in [2.05, 4.69) is 0 Å². The summed E-state index contributed by atoms with van der Waals surface area (Å²) in [4.78, 5) is 15.3. The van der Waals surface area contributed by atoms with E-state index in [1.165, 1.54) is 6.07 Å². The van der Waals surface area contributed by atoms with Gasteiger partial charge in [0, 0.05) is 35.3 Å². The van der Waals surface area contributed by atoms with Crippen LogP contribution in [-0.4, -0.2) is 27.1 Å². The molecule has 3 aromatic rings. The van der Waals surface area contributed by atoms with Gasteiger partial charge in [-0.1, -0.05) is 42.5 Å². The molecule has 0 atom stereocenters. The van der Waals surface area contributed by atoms with Crippen LogP contribution in [0.25, 0.3) is 11.1 Å². The van der Waals surface area contributed by atoms with Crippen LogP contribution >= 0.6 is 0 Å². The highest BCUT2D eigenvalue weighted by molar-refractivity contribution is 7.90.